The van der Waals surface area contributed by atoms with E-state index in [1.807, 2.05) is 37.3 Å². The van der Waals surface area contributed by atoms with Gasteiger partial charge < -0.3 is 10.6 Å². The van der Waals surface area contributed by atoms with Gasteiger partial charge in [0.2, 0.25) is 0 Å². The van der Waals surface area contributed by atoms with E-state index in [-0.39, 0.29) is 0 Å². The molecule has 0 bridgehead atoms. The fourth-order valence-corrected chi connectivity index (χ4v) is 2.64. The molecular weight excluding hydrogens is 302 g/mol. The van der Waals surface area contributed by atoms with Gasteiger partial charge in [-0.2, -0.15) is 0 Å². The first-order valence-electron chi connectivity index (χ1n) is 6.23. The summed E-state index contributed by atoms with van der Waals surface area (Å²) in [6.45, 7) is 3.29. The molecule has 0 atom stereocenters. The van der Waals surface area contributed by atoms with Gasteiger partial charge in [-0.25, -0.2) is 0 Å². The molecular formula is C15H18BrN3. The quantitative estimate of drug-likeness (QED) is 0.940. The number of pyridine rings is 1. The molecule has 0 unspecified atom stereocenters. The molecule has 2 N–H and O–H groups in total. The minimum absolute atomic E-state index is 0.516. The molecule has 2 aromatic rings. The van der Waals surface area contributed by atoms with Crippen LogP contribution in [0.4, 0.5) is 5.69 Å². The molecule has 1 heterocycles. The summed E-state index contributed by atoms with van der Waals surface area (Å²) in [5, 5.41) is 0. The highest BCUT2D eigenvalue weighted by Gasteiger charge is 2.10. The first kappa shape index (κ1) is 14.0. The van der Waals surface area contributed by atoms with Crippen molar-refractivity contribution in [3.63, 3.8) is 0 Å². The largest absolute Gasteiger partial charge is 0.368 e. The standard InChI is InChI=1S/C15H18BrN3/c1-11-5-3-6-12(18-11)10-19(2)15-8-4-7-14(16)13(15)9-17/h3-8H,9-10,17H2,1-2H3. The lowest BCUT2D eigenvalue weighted by molar-refractivity contribution is 0.864. The normalized spacial score (nSPS) is 10.5. The zero-order valence-electron chi connectivity index (χ0n) is 11.2. The number of nitrogens with zero attached hydrogens (tertiary/aromatic N) is 2. The molecule has 0 saturated heterocycles. The summed E-state index contributed by atoms with van der Waals surface area (Å²) in [6.07, 6.45) is 0. The van der Waals surface area contributed by atoms with Crippen LogP contribution in [0.3, 0.4) is 0 Å². The molecule has 3 nitrogen and oxygen atoms in total. The molecule has 0 fully saturated rings. The minimum Gasteiger partial charge on any atom is -0.368 e. The van der Waals surface area contributed by atoms with Crippen molar-refractivity contribution >= 4 is 21.6 Å². The lowest BCUT2D eigenvalue weighted by Crippen LogP contribution is -2.20. The van der Waals surface area contributed by atoms with E-state index < -0.39 is 0 Å². The van der Waals surface area contributed by atoms with E-state index in [1.54, 1.807) is 0 Å². The van der Waals surface area contributed by atoms with Crippen molar-refractivity contribution in [2.45, 2.75) is 20.0 Å². The van der Waals surface area contributed by atoms with Crippen LogP contribution < -0.4 is 10.6 Å². The predicted octanol–water partition coefficient (Wildman–Crippen LogP) is 3.25. The highest BCUT2D eigenvalue weighted by Crippen LogP contribution is 2.27. The second-order valence-corrected chi connectivity index (χ2v) is 5.42. The predicted molar refractivity (Wildman–Crippen MR) is 83.1 cm³/mol. The number of aryl methyl sites for hydroxylation is 1. The summed E-state index contributed by atoms with van der Waals surface area (Å²) in [5.41, 5.74) is 10.2. The summed E-state index contributed by atoms with van der Waals surface area (Å²) in [5.74, 6) is 0. The monoisotopic (exact) mass is 319 g/mol. The van der Waals surface area contributed by atoms with E-state index in [2.05, 4.69) is 38.9 Å². The van der Waals surface area contributed by atoms with E-state index in [1.165, 1.54) is 0 Å². The van der Waals surface area contributed by atoms with E-state index in [0.717, 1.165) is 33.7 Å². The molecule has 0 aliphatic heterocycles. The Labute approximate surface area is 122 Å². The maximum Gasteiger partial charge on any atom is 0.0600 e. The molecule has 100 valence electrons. The number of benzene rings is 1. The molecule has 0 aliphatic rings. The highest BCUT2D eigenvalue weighted by molar-refractivity contribution is 9.10. The van der Waals surface area contributed by atoms with Crippen LogP contribution in [0.15, 0.2) is 40.9 Å². The lowest BCUT2D eigenvalue weighted by Gasteiger charge is -2.22. The van der Waals surface area contributed by atoms with Gasteiger partial charge in [0.25, 0.3) is 0 Å². The van der Waals surface area contributed by atoms with Gasteiger partial charge >= 0.3 is 0 Å². The topological polar surface area (TPSA) is 42.1 Å². The maximum absolute atomic E-state index is 5.83. The van der Waals surface area contributed by atoms with Gasteiger partial charge in [-0.3, -0.25) is 4.98 Å². The Morgan fingerprint density at radius 3 is 2.63 bits per heavy atom. The van der Waals surface area contributed by atoms with E-state index in [0.29, 0.717) is 6.54 Å². The van der Waals surface area contributed by atoms with Gasteiger partial charge in [0.05, 0.1) is 12.2 Å². The number of hydrogen-bond donors (Lipinski definition) is 1. The molecule has 1 aromatic carbocycles. The molecule has 0 amide bonds. The fourth-order valence-electron chi connectivity index (χ4n) is 2.12. The van der Waals surface area contributed by atoms with Crippen molar-refractivity contribution in [2.24, 2.45) is 5.73 Å². The van der Waals surface area contributed by atoms with Gasteiger partial charge in [0.15, 0.2) is 0 Å². The van der Waals surface area contributed by atoms with Gasteiger partial charge in [-0.15, -0.1) is 0 Å². The molecule has 2 rings (SSSR count). The van der Waals surface area contributed by atoms with Crippen molar-refractivity contribution < 1.29 is 0 Å². The van der Waals surface area contributed by atoms with E-state index in [9.17, 15) is 0 Å². The third-order valence-electron chi connectivity index (χ3n) is 3.05. The Balaban J connectivity index is 2.25. The number of anilines is 1. The van der Waals surface area contributed by atoms with Gasteiger partial charge in [0.1, 0.15) is 0 Å². The van der Waals surface area contributed by atoms with Crippen LogP contribution in [-0.4, -0.2) is 12.0 Å². The van der Waals surface area contributed by atoms with Gasteiger partial charge in [-0.05, 0) is 31.2 Å². The maximum atomic E-state index is 5.83. The van der Waals surface area contributed by atoms with E-state index in [4.69, 9.17) is 5.73 Å². The fraction of sp³-hybridized carbons (Fsp3) is 0.267. The Hall–Kier alpha value is -1.39. The van der Waals surface area contributed by atoms with Crippen LogP contribution in [0.1, 0.15) is 17.0 Å². The van der Waals surface area contributed by atoms with Crippen LogP contribution in [0.25, 0.3) is 0 Å². The van der Waals surface area contributed by atoms with Crippen LogP contribution in [0.5, 0.6) is 0 Å². The smallest absolute Gasteiger partial charge is 0.0600 e. The SMILES string of the molecule is Cc1cccc(CN(C)c2cccc(Br)c2CN)n1. The third kappa shape index (κ3) is 3.33. The van der Waals surface area contributed by atoms with E-state index >= 15 is 0 Å². The minimum atomic E-state index is 0.516. The molecule has 0 saturated carbocycles. The van der Waals surface area contributed by atoms with Gasteiger partial charge in [-0.1, -0.05) is 28.1 Å². The van der Waals surface area contributed by atoms with Crippen molar-refractivity contribution in [3.8, 4) is 0 Å². The van der Waals surface area contributed by atoms with Crippen molar-refractivity contribution in [1.29, 1.82) is 0 Å². The zero-order valence-corrected chi connectivity index (χ0v) is 12.8. The number of halogens is 1. The first-order chi connectivity index (χ1) is 9.11. The van der Waals surface area contributed by atoms with Gasteiger partial charge in [0, 0.05) is 35.0 Å². The summed E-state index contributed by atoms with van der Waals surface area (Å²) >= 11 is 3.55. The van der Waals surface area contributed by atoms with Crippen LogP contribution in [-0.2, 0) is 13.1 Å². The number of nitrogens with two attached hydrogens (primary N) is 1. The third-order valence-corrected chi connectivity index (χ3v) is 3.80. The molecule has 19 heavy (non-hydrogen) atoms. The number of rotatable bonds is 4. The Morgan fingerprint density at radius 1 is 1.21 bits per heavy atom. The Morgan fingerprint density at radius 2 is 1.95 bits per heavy atom. The molecule has 0 radical (unpaired) electrons. The Bertz CT molecular complexity index is 569. The molecule has 0 aliphatic carbocycles. The molecule has 1 aromatic heterocycles. The van der Waals surface area contributed by atoms with Crippen LogP contribution in [0, 0.1) is 6.92 Å². The van der Waals surface area contributed by atoms with Crippen molar-refractivity contribution in [1.82, 2.24) is 4.98 Å². The molecule has 0 spiro atoms. The van der Waals surface area contributed by atoms with Crippen LogP contribution in [0.2, 0.25) is 0 Å². The first-order valence-corrected chi connectivity index (χ1v) is 7.02. The average molecular weight is 320 g/mol. The summed E-state index contributed by atoms with van der Waals surface area (Å²) in [4.78, 5) is 6.71. The average Bonchev–Trinajstić information content (AvgIpc) is 2.38. The molecule has 4 heteroatoms. The second-order valence-electron chi connectivity index (χ2n) is 4.57. The van der Waals surface area contributed by atoms with Crippen molar-refractivity contribution in [2.75, 3.05) is 11.9 Å². The Kier molecular flexibility index (Phi) is 4.56. The van der Waals surface area contributed by atoms with Crippen LogP contribution >= 0.6 is 15.9 Å². The number of aromatic nitrogens is 1. The summed E-state index contributed by atoms with van der Waals surface area (Å²) in [7, 11) is 2.06. The summed E-state index contributed by atoms with van der Waals surface area (Å²) in [6, 6.07) is 12.2. The second kappa shape index (κ2) is 6.17. The lowest BCUT2D eigenvalue weighted by atomic mass is 10.1. The highest BCUT2D eigenvalue weighted by atomic mass is 79.9. The number of hydrogen-bond acceptors (Lipinski definition) is 3. The zero-order chi connectivity index (χ0) is 13.8. The summed E-state index contributed by atoms with van der Waals surface area (Å²) < 4.78 is 1.05. The van der Waals surface area contributed by atoms with Crippen molar-refractivity contribution in [3.05, 3.63) is 57.8 Å².